The fraction of sp³-hybridized carbons (Fsp3) is 0.167. The van der Waals surface area contributed by atoms with Gasteiger partial charge in [0.25, 0.3) is 0 Å². The van der Waals surface area contributed by atoms with E-state index in [4.69, 9.17) is 26.3 Å². The van der Waals surface area contributed by atoms with Gasteiger partial charge in [-0.25, -0.2) is 0 Å². The number of benzene rings is 2. The molecular formula is C18H13ClN2O4. The van der Waals surface area contributed by atoms with Gasteiger partial charge in [-0.3, -0.25) is 9.59 Å². The highest BCUT2D eigenvalue weighted by Gasteiger charge is 2.23. The van der Waals surface area contributed by atoms with Crippen LogP contribution in [0.5, 0.6) is 11.5 Å². The normalized spacial score (nSPS) is 12.2. The first-order valence-corrected chi connectivity index (χ1v) is 7.87. The molecule has 1 aliphatic heterocycles. The van der Waals surface area contributed by atoms with E-state index < -0.39 is 5.91 Å². The van der Waals surface area contributed by atoms with Crippen LogP contribution in [0.25, 0.3) is 0 Å². The van der Waals surface area contributed by atoms with Gasteiger partial charge in [-0.15, -0.1) is 0 Å². The van der Waals surface area contributed by atoms with Crippen molar-refractivity contribution in [3.8, 4) is 17.6 Å². The second-order valence-electron chi connectivity index (χ2n) is 5.23. The molecule has 6 nitrogen and oxygen atoms in total. The van der Waals surface area contributed by atoms with Crippen LogP contribution in [0.2, 0.25) is 5.02 Å². The molecule has 0 fully saturated rings. The van der Waals surface area contributed by atoms with Gasteiger partial charge in [0.15, 0.2) is 17.3 Å². The Morgan fingerprint density at radius 2 is 1.80 bits per heavy atom. The van der Waals surface area contributed by atoms with Crippen molar-refractivity contribution in [2.24, 2.45) is 0 Å². The number of fused-ring (bicyclic) bond motifs is 1. The Kier molecular flexibility index (Phi) is 4.87. The zero-order chi connectivity index (χ0) is 17.8. The minimum atomic E-state index is -0.521. The minimum absolute atomic E-state index is 0.212. The summed E-state index contributed by atoms with van der Waals surface area (Å²) in [6.45, 7) is 0.739. The summed E-state index contributed by atoms with van der Waals surface area (Å²) in [5, 5.41) is 11.5. The third kappa shape index (κ3) is 3.57. The predicted molar refractivity (Wildman–Crippen MR) is 91.2 cm³/mol. The Balaban J connectivity index is 2.06. The molecule has 0 spiro atoms. The molecule has 7 heteroatoms. The lowest BCUT2D eigenvalue weighted by Crippen LogP contribution is -2.19. The maximum atomic E-state index is 12.9. The summed E-state index contributed by atoms with van der Waals surface area (Å²) >= 11 is 6.11. The van der Waals surface area contributed by atoms with E-state index in [0.717, 1.165) is 0 Å². The molecule has 1 N–H and O–H groups in total. The van der Waals surface area contributed by atoms with Crippen molar-refractivity contribution >= 4 is 29.0 Å². The number of anilines is 1. The molecule has 1 aliphatic rings. The van der Waals surface area contributed by atoms with Gasteiger partial charge >= 0.3 is 0 Å². The van der Waals surface area contributed by atoms with Gasteiger partial charge in [0, 0.05) is 11.6 Å². The number of carbonyl (C=O) groups excluding carboxylic acids is 2. The first-order chi connectivity index (χ1) is 12.1. The number of rotatable bonds is 4. The number of nitrogens with one attached hydrogen (secondary N) is 1. The quantitative estimate of drug-likeness (QED) is 0.850. The van der Waals surface area contributed by atoms with E-state index in [-0.39, 0.29) is 23.5 Å². The maximum Gasteiger partial charge on any atom is 0.238 e. The molecule has 25 heavy (non-hydrogen) atoms. The summed E-state index contributed by atoms with van der Waals surface area (Å²) in [7, 11) is 0. The van der Waals surface area contributed by atoms with Crippen LogP contribution < -0.4 is 14.8 Å². The summed E-state index contributed by atoms with van der Waals surface area (Å²) in [4.78, 5) is 24.7. The fourth-order valence-corrected chi connectivity index (χ4v) is 2.66. The maximum absolute atomic E-state index is 12.9. The van der Waals surface area contributed by atoms with Crippen LogP contribution in [0.1, 0.15) is 22.3 Å². The van der Waals surface area contributed by atoms with Crippen molar-refractivity contribution in [2.45, 2.75) is 6.42 Å². The van der Waals surface area contributed by atoms with Crippen molar-refractivity contribution in [3.05, 3.63) is 52.5 Å². The molecule has 0 aromatic heterocycles. The van der Waals surface area contributed by atoms with Crippen molar-refractivity contribution in [2.75, 3.05) is 18.5 Å². The zero-order valence-corrected chi connectivity index (χ0v) is 13.8. The molecule has 126 valence electrons. The van der Waals surface area contributed by atoms with E-state index >= 15 is 0 Å². The van der Waals surface area contributed by atoms with E-state index in [1.807, 2.05) is 0 Å². The van der Waals surface area contributed by atoms with E-state index in [1.54, 1.807) is 30.3 Å². The molecule has 0 unspecified atom stereocenters. The van der Waals surface area contributed by atoms with Gasteiger partial charge in [0.1, 0.15) is 19.6 Å². The summed E-state index contributed by atoms with van der Waals surface area (Å²) in [6.07, 6.45) is -0.325. The average molecular weight is 357 g/mol. The minimum Gasteiger partial charge on any atom is -0.486 e. The van der Waals surface area contributed by atoms with Crippen molar-refractivity contribution in [3.63, 3.8) is 0 Å². The molecule has 2 aromatic carbocycles. The van der Waals surface area contributed by atoms with Crippen LogP contribution in [0.4, 0.5) is 5.69 Å². The van der Waals surface area contributed by atoms with Crippen LogP contribution in [0.3, 0.4) is 0 Å². The lowest BCUT2D eigenvalue weighted by atomic mass is 10.0. The zero-order valence-electron chi connectivity index (χ0n) is 13.0. The highest BCUT2D eigenvalue weighted by molar-refractivity contribution is 6.35. The van der Waals surface area contributed by atoms with Gasteiger partial charge < -0.3 is 14.8 Å². The van der Waals surface area contributed by atoms with Gasteiger partial charge in [-0.05, 0) is 18.2 Å². The number of halogens is 1. The second kappa shape index (κ2) is 7.24. The topological polar surface area (TPSA) is 88.4 Å². The van der Waals surface area contributed by atoms with Gasteiger partial charge in [0.05, 0.1) is 22.3 Å². The molecule has 0 aliphatic carbocycles. The standard InChI is InChI=1S/C18H13ClN2O4/c19-13-4-2-1-3-11(13)18(23)12-9-15-16(25-8-7-24-15)10-14(12)21-17(22)5-6-20/h1-4,9-10H,5,7-8H2,(H,21,22). The fourth-order valence-electron chi connectivity index (χ4n) is 2.44. The van der Waals surface area contributed by atoms with Crippen molar-refractivity contribution in [1.29, 1.82) is 5.26 Å². The van der Waals surface area contributed by atoms with Crippen LogP contribution in [0, 0.1) is 11.3 Å². The molecule has 0 saturated heterocycles. The molecule has 2 aromatic rings. The van der Waals surface area contributed by atoms with Crippen LogP contribution >= 0.6 is 11.6 Å². The lowest BCUT2D eigenvalue weighted by Gasteiger charge is -2.21. The van der Waals surface area contributed by atoms with Crippen molar-refractivity contribution in [1.82, 2.24) is 0 Å². The Hall–Kier alpha value is -3.04. The number of nitriles is 1. The van der Waals surface area contributed by atoms with E-state index in [9.17, 15) is 9.59 Å². The largest absolute Gasteiger partial charge is 0.486 e. The van der Waals surface area contributed by atoms with Gasteiger partial charge in [-0.2, -0.15) is 5.26 Å². The van der Waals surface area contributed by atoms with E-state index in [1.165, 1.54) is 12.1 Å². The summed E-state index contributed by atoms with van der Waals surface area (Å²) in [6, 6.07) is 11.4. The summed E-state index contributed by atoms with van der Waals surface area (Å²) in [5.41, 5.74) is 0.759. The molecule has 1 heterocycles. The molecule has 0 saturated carbocycles. The smallest absolute Gasteiger partial charge is 0.238 e. The molecule has 0 bridgehead atoms. The van der Waals surface area contributed by atoms with Crippen LogP contribution in [-0.2, 0) is 4.79 Å². The summed E-state index contributed by atoms with van der Waals surface area (Å²) in [5.74, 6) is -0.0450. The average Bonchev–Trinajstić information content (AvgIpc) is 2.61. The number of carbonyl (C=O) groups is 2. The van der Waals surface area contributed by atoms with Gasteiger partial charge in [-0.1, -0.05) is 23.7 Å². The second-order valence-corrected chi connectivity index (χ2v) is 5.64. The number of hydrogen-bond acceptors (Lipinski definition) is 5. The predicted octanol–water partition coefficient (Wildman–Crippen LogP) is 3.19. The number of nitrogens with zero attached hydrogens (tertiary/aromatic N) is 1. The number of ether oxygens (including phenoxy) is 2. The van der Waals surface area contributed by atoms with E-state index in [2.05, 4.69) is 5.32 Å². The van der Waals surface area contributed by atoms with Crippen LogP contribution in [0.15, 0.2) is 36.4 Å². The monoisotopic (exact) mass is 356 g/mol. The van der Waals surface area contributed by atoms with Crippen LogP contribution in [-0.4, -0.2) is 24.9 Å². The Labute approximate surface area is 148 Å². The third-order valence-electron chi connectivity index (χ3n) is 3.56. The molecule has 3 rings (SSSR count). The third-order valence-corrected chi connectivity index (χ3v) is 3.89. The van der Waals surface area contributed by atoms with Crippen molar-refractivity contribution < 1.29 is 19.1 Å². The first kappa shape index (κ1) is 16.8. The van der Waals surface area contributed by atoms with E-state index in [0.29, 0.717) is 35.3 Å². The number of ketones is 1. The Morgan fingerprint density at radius 1 is 1.12 bits per heavy atom. The first-order valence-electron chi connectivity index (χ1n) is 7.50. The van der Waals surface area contributed by atoms with Gasteiger partial charge in [0.2, 0.25) is 5.91 Å². The SMILES string of the molecule is N#CCC(=O)Nc1cc2c(cc1C(=O)c1ccccc1Cl)OCCO2. The number of amides is 1. The Morgan fingerprint density at radius 3 is 2.48 bits per heavy atom. The Bertz CT molecular complexity index is 889. The highest BCUT2D eigenvalue weighted by atomic mass is 35.5. The highest BCUT2D eigenvalue weighted by Crippen LogP contribution is 2.37. The number of hydrogen-bond donors (Lipinski definition) is 1. The molecular weight excluding hydrogens is 344 g/mol. The molecule has 0 atom stereocenters. The lowest BCUT2D eigenvalue weighted by molar-refractivity contribution is -0.115. The summed E-state index contributed by atoms with van der Waals surface area (Å²) < 4.78 is 11.0. The molecule has 1 amide bonds. The molecule has 0 radical (unpaired) electrons.